The highest BCUT2D eigenvalue weighted by atomic mass is 16.3. The Morgan fingerprint density at radius 2 is 1.73 bits per heavy atom. The molecular formula is C12H20N2O. The molecule has 0 saturated heterocycles. The molecule has 2 atom stereocenters. The molecule has 0 fully saturated rings. The van der Waals surface area contributed by atoms with E-state index >= 15 is 0 Å². The van der Waals surface area contributed by atoms with Crippen molar-refractivity contribution in [1.82, 2.24) is 9.97 Å². The summed E-state index contributed by atoms with van der Waals surface area (Å²) in [4.78, 5) is 8.34. The van der Waals surface area contributed by atoms with Crippen molar-refractivity contribution in [3.63, 3.8) is 0 Å². The Bertz CT molecular complexity index is 285. The predicted octanol–water partition coefficient (Wildman–Crippen LogP) is 2.23. The van der Waals surface area contributed by atoms with Crippen molar-refractivity contribution in [3.05, 3.63) is 24.3 Å². The lowest BCUT2D eigenvalue weighted by Gasteiger charge is -2.28. The second kappa shape index (κ2) is 5.21. The maximum Gasteiger partial charge on any atom is 0.0649 e. The number of hydrogen-bond acceptors (Lipinski definition) is 3. The van der Waals surface area contributed by atoms with Gasteiger partial charge in [-0.15, -0.1) is 0 Å². The van der Waals surface area contributed by atoms with Crippen molar-refractivity contribution in [2.24, 2.45) is 11.8 Å². The molecule has 0 aliphatic heterocycles. The van der Waals surface area contributed by atoms with E-state index in [1.54, 1.807) is 18.6 Å². The third-order valence-corrected chi connectivity index (χ3v) is 2.69. The van der Waals surface area contributed by atoms with Crippen LogP contribution in [-0.4, -0.2) is 21.2 Å². The van der Waals surface area contributed by atoms with Gasteiger partial charge in [0.15, 0.2) is 0 Å². The molecule has 2 unspecified atom stereocenters. The van der Waals surface area contributed by atoms with Gasteiger partial charge >= 0.3 is 0 Å². The lowest BCUT2D eigenvalue weighted by atomic mass is 9.82. The van der Waals surface area contributed by atoms with E-state index in [1.165, 1.54) is 0 Å². The molecule has 0 aliphatic rings. The summed E-state index contributed by atoms with van der Waals surface area (Å²) in [6.07, 6.45) is 4.72. The van der Waals surface area contributed by atoms with Crippen LogP contribution >= 0.6 is 0 Å². The Balaban J connectivity index is 2.93. The summed E-state index contributed by atoms with van der Waals surface area (Å²) in [6, 6.07) is 0. The highest BCUT2D eigenvalue weighted by Gasteiger charge is 2.27. The zero-order valence-corrected chi connectivity index (χ0v) is 9.88. The van der Waals surface area contributed by atoms with Crippen LogP contribution in [0.2, 0.25) is 0 Å². The summed E-state index contributed by atoms with van der Waals surface area (Å²) in [5.74, 6) is 0.664. The minimum Gasteiger partial charge on any atom is -0.392 e. The molecule has 0 aromatic carbocycles. The van der Waals surface area contributed by atoms with Crippen molar-refractivity contribution in [1.29, 1.82) is 0 Å². The third-order valence-electron chi connectivity index (χ3n) is 2.69. The van der Waals surface area contributed by atoms with E-state index in [2.05, 4.69) is 23.8 Å². The van der Waals surface area contributed by atoms with Gasteiger partial charge in [-0.05, 0) is 11.8 Å². The van der Waals surface area contributed by atoms with Gasteiger partial charge in [0.05, 0.1) is 11.8 Å². The van der Waals surface area contributed by atoms with Crippen LogP contribution in [0.15, 0.2) is 18.6 Å². The summed E-state index contributed by atoms with van der Waals surface area (Å²) in [5, 5.41) is 10.1. The third kappa shape index (κ3) is 2.99. The Morgan fingerprint density at radius 3 is 2.13 bits per heavy atom. The van der Waals surface area contributed by atoms with Crippen LogP contribution in [0.5, 0.6) is 0 Å². The summed E-state index contributed by atoms with van der Waals surface area (Å²) >= 11 is 0. The molecule has 3 nitrogen and oxygen atoms in total. The predicted molar refractivity (Wildman–Crippen MR) is 60.5 cm³/mol. The van der Waals surface area contributed by atoms with Crippen molar-refractivity contribution in [2.75, 3.05) is 0 Å². The fourth-order valence-electron chi connectivity index (χ4n) is 1.81. The molecule has 15 heavy (non-hydrogen) atoms. The van der Waals surface area contributed by atoms with Gasteiger partial charge in [0, 0.05) is 24.5 Å². The molecule has 1 aromatic heterocycles. The van der Waals surface area contributed by atoms with Gasteiger partial charge in [0.2, 0.25) is 0 Å². The van der Waals surface area contributed by atoms with Crippen molar-refractivity contribution < 1.29 is 5.11 Å². The molecule has 0 bridgehead atoms. The Labute approximate surface area is 91.6 Å². The van der Waals surface area contributed by atoms with Crippen LogP contribution in [-0.2, 0) is 0 Å². The number of aliphatic hydroxyl groups is 1. The number of nitrogens with zero attached hydrogens (tertiary/aromatic N) is 2. The highest BCUT2D eigenvalue weighted by Crippen LogP contribution is 2.29. The van der Waals surface area contributed by atoms with E-state index in [1.807, 2.05) is 13.8 Å². The second-order valence-electron chi connectivity index (χ2n) is 4.63. The molecule has 0 saturated carbocycles. The summed E-state index contributed by atoms with van der Waals surface area (Å²) in [6.45, 7) is 8.25. The van der Waals surface area contributed by atoms with Gasteiger partial charge in [-0.1, -0.05) is 27.7 Å². The Morgan fingerprint density at radius 1 is 1.07 bits per heavy atom. The van der Waals surface area contributed by atoms with Crippen LogP contribution in [0, 0.1) is 11.8 Å². The van der Waals surface area contributed by atoms with E-state index in [0.29, 0.717) is 5.92 Å². The van der Waals surface area contributed by atoms with Crippen LogP contribution in [0.25, 0.3) is 0 Å². The zero-order chi connectivity index (χ0) is 11.4. The number of rotatable bonds is 4. The van der Waals surface area contributed by atoms with Crippen molar-refractivity contribution in [3.8, 4) is 0 Å². The zero-order valence-electron chi connectivity index (χ0n) is 9.88. The smallest absolute Gasteiger partial charge is 0.0649 e. The molecule has 1 rings (SSSR count). The Hall–Kier alpha value is -0.960. The fraction of sp³-hybridized carbons (Fsp3) is 0.667. The molecule has 0 amide bonds. The van der Waals surface area contributed by atoms with Gasteiger partial charge in [-0.3, -0.25) is 9.97 Å². The van der Waals surface area contributed by atoms with Crippen molar-refractivity contribution >= 4 is 0 Å². The topological polar surface area (TPSA) is 46.0 Å². The normalized spacial score (nSPS) is 15.7. The van der Waals surface area contributed by atoms with Crippen LogP contribution < -0.4 is 0 Å². The first-order valence-corrected chi connectivity index (χ1v) is 5.48. The summed E-state index contributed by atoms with van der Waals surface area (Å²) in [5.41, 5.74) is 0.883. The molecule has 0 spiro atoms. The molecular weight excluding hydrogens is 188 g/mol. The van der Waals surface area contributed by atoms with Gasteiger partial charge < -0.3 is 5.11 Å². The van der Waals surface area contributed by atoms with Gasteiger partial charge in [0.1, 0.15) is 0 Å². The van der Waals surface area contributed by atoms with Crippen LogP contribution in [0.1, 0.15) is 39.3 Å². The standard InChI is InChI=1S/C12H20N2O/c1-8(2)11(12(15)9(3)4)10-7-13-5-6-14-10/h5-9,11-12,15H,1-4H3. The minimum atomic E-state index is -0.360. The average Bonchev–Trinajstić information content (AvgIpc) is 2.18. The second-order valence-corrected chi connectivity index (χ2v) is 4.63. The van der Waals surface area contributed by atoms with Crippen LogP contribution in [0.3, 0.4) is 0 Å². The lowest BCUT2D eigenvalue weighted by molar-refractivity contribution is 0.0770. The van der Waals surface area contributed by atoms with E-state index in [4.69, 9.17) is 0 Å². The van der Waals surface area contributed by atoms with Crippen LogP contribution in [0.4, 0.5) is 0 Å². The first kappa shape index (κ1) is 12.1. The molecule has 1 aromatic rings. The molecule has 0 radical (unpaired) electrons. The lowest BCUT2D eigenvalue weighted by Crippen LogP contribution is -2.28. The van der Waals surface area contributed by atoms with E-state index in [9.17, 15) is 5.11 Å². The monoisotopic (exact) mass is 208 g/mol. The minimum absolute atomic E-state index is 0.0682. The van der Waals surface area contributed by atoms with E-state index < -0.39 is 0 Å². The first-order chi connectivity index (χ1) is 7.04. The maximum atomic E-state index is 10.1. The summed E-state index contributed by atoms with van der Waals surface area (Å²) < 4.78 is 0. The average molecular weight is 208 g/mol. The van der Waals surface area contributed by atoms with E-state index in [-0.39, 0.29) is 17.9 Å². The van der Waals surface area contributed by atoms with E-state index in [0.717, 1.165) is 5.69 Å². The maximum absolute atomic E-state index is 10.1. The number of hydrogen-bond donors (Lipinski definition) is 1. The quantitative estimate of drug-likeness (QED) is 0.825. The molecule has 1 heterocycles. The highest BCUT2D eigenvalue weighted by molar-refractivity contribution is 5.07. The SMILES string of the molecule is CC(C)C(O)C(c1cnccn1)C(C)C. The first-order valence-electron chi connectivity index (χ1n) is 5.48. The molecule has 84 valence electrons. The van der Waals surface area contributed by atoms with Gasteiger partial charge in [-0.25, -0.2) is 0 Å². The number of aliphatic hydroxyl groups excluding tert-OH is 1. The molecule has 3 heteroatoms. The largest absolute Gasteiger partial charge is 0.392 e. The van der Waals surface area contributed by atoms with Gasteiger partial charge in [-0.2, -0.15) is 0 Å². The van der Waals surface area contributed by atoms with Crippen molar-refractivity contribution in [2.45, 2.75) is 39.7 Å². The fourth-order valence-corrected chi connectivity index (χ4v) is 1.81. The molecule has 1 N–H and O–H groups in total. The number of aromatic nitrogens is 2. The Kier molecular flexibility index (Phi) is 4.21. The molecule has 0 aliphatic carbocycles. The van der Waals surface area contributed by atoms with Gasteiger partial charge in [0.25, 0.3) is 0 Å². The summed E-state index contributed by atoms with van der Waals surface area (Å²) in [7, 11) is 0.